The van der Waals surface area contributed by atoms with Crippen LogP contribution in [0.4, 0.5) is 19.0 Å². The molecule has 0 saturated heterocycles. The van der Waals surface area contributed by atoms with Crippen LogP contribution in [0.5, 0.6) is 0 Å². The highest BCUT2D eigenvalue weighted by Gasteiger charge is 2.34. The number of nitrogens with one attached hydrogen (secondary N) is 1. The second kappa shape index (κ2) is 7.79. The highest BCUT2D eigenvalue weighted by molar-refractivity contribution is 6.88. The minimum absolute atomic E-state index is 0.171. The Balaban J connectivity index is 1.78. The number of benzene rings is 1. The first kappa shape index (κ1) is 20.7. The Kier molecular flexibility index (Phi) is 5.56. The van der Waals surface area contributed by atoms with Gasteiger partial charge in [-0.25, -0.2) is 4.98 Å². The molecule has 0 radical (unpaired) electrons. The number of carbonyl (C=O) groups is 1. The molecule has 0 spiro atoms. The van der Waals surface area contributed by atoms with E-state index in [4.69, 9.17) is 0 Å². The first-order valence-corrected chi connectivity index (χ1v) is 12.5. The third kappa shape index (κ3) is 4.89. The van der Waals surface area contributed by atoms with Crippen molar-refractivity contribution in [1.82, 2.24) is 9.97 Å². The molecular formula is C21H20F3N3OSi. The fourth-order valence-corrected chi connectivity index (χ4v) is 3.78. The summed E-state index contributed by atoms with van der Waals surface area (Å²) in [5.41, 5.74) is -0.388. The number of halogens is 3. The van der Waals surface area contributed by atoms with Crippen LogP contribution in [0, 0.1) is 0 Å². The molecule has 3 aromatic rings. The number of hydrogen-bond acceptors (Lipinski definition) is 3. The highest BCUT2D eigenvalue weighted by atomic mass is 28.3. The van der Waals surface area contributed by atoms with Gasteiger partial charge in [-0.3, -0.25) is 9.78 Å². The van der Waals surface area contributed by atoms with Crippen molar-refractivity contribution in [2.45, 2.75) is 25.8 Å². The van der Waals surface area contributed by atoms with E-state index in [-0.39, 0.29) is 17.2 Å². The quantitative estimate of drug-likeness (QED) is 0.613. The molecule has 29 heavy (non-hydrogen) atoms. The number of nitrogens with zero attached hydrogens (tertiary/aromatic N) is 2. The van der Waals surface area contributed by atoms with Crippen molar-refractivity contribution >= 4 is 25.0 Å². The van der Waals surface area contributed by atoms with Gasteiger partial charge in [-0.2, -0.15) is 13.2 Å². The SMILES string of the molecule is C[Si](C)(C)c1ccc(NC(=O)c2ccc(-c3ncccc3C(F)(F)F)cc2)nc1. The highest BCUT2D eigenvalue weighted by Crippen LogP contribution is 2.35. The van der Waals surface area contributed by atoms with Crippen molar-refractivity contribution < 1.29 is 18.0 Å². The molecule has 1 N–H and O–H groups in total. The molecular weight excluding hydrogens is 395 g/mol. The maximum Gasteiger partial charge on any atom is 0.418 e. The summed E-state index contributed by atoms with van der Waals surface area (Å²) in [5, 5.41) is 3.88. The third-order valence-corrected chi connectivity index (χ3v) is 6.43. The van der Waals surface area contributed by atoms with Gasteiger partial charge in [0.2, 0.25) is 0 Å². The van der Waals surface area contributed by atoms with Crippen LogP contribution in [-0.4, -0.2) is 23.9 Å². The summed E-state index contributed by atoms with van der Waals surface area (Å²) in [6.07, 6.45) is -1.43. The van der Waals surface area contributed by atoms with Crippen LogP contribution in [0.1, 0.15) is 15.9 Å². The number of aromatic nitrogens is 2. The molecule has 8 heteroatoms. The molecule has 0 unspecified atom stereocenters. The number of carbonyl (C=O) groups excluding carboxylic acids is 1. The summed E-state index contributed by atoms with van der Waals surface area (Å²) in [5.74, 6) is 0.0343. The maximum absolute atomic E-state index is 13.2. The molecule has 0 aliphatic heterocycles. The summed E-state index contributed by atoms with van der Waals surface area (Å²) >= 11 is 0. The molecule has 0 saturated carbocycles. The monoisotopic (exact) mass is 415 g/mol. The van der Waals surface area contributed by atoms with Gasteiger partial charge in [0, 0.05) is 23.5 Å². The average molecular weight is 415 g/mol. The predicted molar refractivity (Wildman–Crippen MR) is 110 cm³/mol. The summed E-state index contributed by atoms with van der Waals surface area (Å²) in [6.45, 7) is 6.61. The van der Waals surface area contributed by atoms with E-state index in [0.29, 0.717) is 11.4 Å². The molecule has 2 aromatic heterocycles. The van der Waals surface area contributed by atoms with Crippen LogP contribution in [-0.2, 0) is 6.18 Å². The fourth-order valence-electron chi connectivity index (χ4n) is 2.74. The summed E-state index contributed by atoms with van der Waals surface area (Å²) in [7, 11) is -1.48. The number of rotatable bonds is 4. The van der Waals surface area contributed by atoms with Gasteiger partial charge >= 0.3 is 6.18 Å². The van der Waals surface area contributed by atoms with Crippen LogP contribution in [0.2, 0.25) is 19.6 Å². The molecule has 2 heterocycles. The largest absolute Gasteiger partial charge is 0.418 e. The standard InChI is InChI=1S/C21H20F3N3OSi/c1-29(2,3)16-10-11-18(26-13-16)27-20(28)15-8-6-14(7-9-15)19-17(21(22,23)24)5-4-12-25-19/h4-13H,1-3H3,(H,26,27,28). The van der Waals surface area contributed by atoms with Crippen molar-refractivity contribution in [3.05, 3.63) is 72.1 Å². The number of alkyl halides is 3. The lowest BCUT2D eigenvalue weighted by Gasteiger charge is -2.16. The van der Waals surface area contributed by atoms with Gasteiger partial charge in [0.05, 0.1) is 19.3 Å². The number of amides is 1. The molecule has 150 valence electrons. The van der Waals surface area contributed by atoms with E-state index < -0.39 is 19.8 Å². The third-order valence-electron chi connectivity index (χ3n) is 4.40. The molecule has 4 nitrogen and oxygen atoms in total. The van der Waals surface area contributed by atoms with Gasteiger partial charge < -0.3 is 5.32 Å². The predicted octanol–water partition coefficient (Wildman–Crippen LogP) is 4.96. The lowest BCUT2D eigenvalue weighted by Crippen LogP contribution is -2.37. The first-order valence-electron chi connectivity index (χ1n) is 8.96. The van der Waals surface area contributed by atoms with Gasteiger partial charge in [-0.05, 0) is 35.5 Å². The lowest BCUT2D eigenvalue weighted by molar-refractivity contribution is -0.137. The van der Waals surface area contributed by atoms with Crippen LogP contribution in [0.25, 0.3) is 11.3 Å². The molecule has 0 bridgehead atoms. The summed E-state index contributed by atoms with van der Waals surface area (Å²) < 4.78 is 39.5. The van der Waals surface area contributed by atoms with Gasteiger partial charge in [0.25, 0.3) is 5.91 Å². The normalized spacial score (nSPS) is 11.9. The fraction of sp³-hybridized carbons (Fsp3) is 0.190. The van der Waals surface area contributed by atoms with E-state index in [1.54, 1.807) is 12.3 Å². The molecule has 0 aliphatic carbocycles. The van der Waals surface area contributed by atoms with Crippen LogP contribution < -0.4 is 10.5 Å². The van der Waals surface area contributed by atoms with Gasteiger partial charge in [-0.1, -0.05) is 37.8 Å². The number of pyridine rings is 2. The van der Waals surface area contributed by atoms with Crippen LogP contribution in [0.15, 0.2) is 60.9 Å². The molecule has 1 amide bonds. The topological polar surface area (TPSA) is 54.9 Å². The Morgan fingerprint density at radius 1 is 0.966 bits per heavy atom. The van der Waals surface area contributed by atoms with Crippen molar-refractivity contribution in [2.24, 2.45) is 0 Å². The molecule has 0 aliphatic rings. The van der Waals surface area contributed by atoms with E-state index in [9.17, 15) is 18.0 Å². The lowest BCUT2D eigenvalue weighted by atomic mass is 10.0. The number of anilines is 1. The average Bonchev–Trinajstić information content (AvgIpc) is 2.67. The van der Waals surface area contributed by atoms with Gasteiger partial charge in [0.1, 0.15) is 5.82 Å². The molecule has 1 aromatic carbocycles. The Morgan fingerprint density at radius 2 is 1.66 bits per heavy atom. The Morgan fingerprint density at radius 3 is 2.21 bits per heavy atom. The van der Waals surface area contributed by atoms with E-state index in [1.165, 1.54) is 41.7 Å². The van der Waals surface area contributed by atoms with E-state index >= 15 is 0 Å². The smallest absolute Gasteiger partial charge is 0.307 e. The van der Waals surface area contributed by atoms with Gasteiger partial charge in [0.15, 0.2) is 0 Å². The molecule has 0 fully saturated rings. The Hall–Kier alpha value is -3.00. The minimum Gasteiger partial charge on any atom is -0.307 e. The second-order valence-corrected chi connectivity index (χ2v) is 12.7. The first-order chi connectivity index (χ1) is 13.6. The zero-order valence-corrected chi connectivity index (χ0v) is 17.2. The van der Waals surface area contributed by atoms with E-state index in [2.05, 4.69) is 34.9 Å². The van der Waals surface area contributed by atoms with Gasteiger partial charge in [-0.15, -0.1) is 0 Å². The maximum atomic E-state index is 13.2. The number of hydrogen-bond donors (Lipinski definition) is 1. The molecule has 3 rings (SSSR count). The van der Waals surface area contributed by atoms with Crippen LogP contribution in [0.3, 0.4) is 0 Å². The zero-order valence-electron chi connectivity index (χ0n) is 16.2. The second-order valence-electron chi connectivity index (χ2n) is 7.61. The minimum atomic E-state index is -4.51. The van der Waals surface area contributed by atoms with E-state index in [1.807, 2.05) is 6.07 Å². The van der Waals surface area contributed by atoms with Crippen molar-refractivity contribution in [1.29, 1.82) is 0 Å². The Bertz CT molecular complexity index is 1010. The van der Waals surface area contributed by atoms with Crippen LogP contribution >= 0.6 is 0 Å². The van der Waals surface area contributed by atoms with Crippen molar-refractivity contribution in [3.63, 3.8) is 0 Å². The zero-order chi connectivity index (χ0) is 21.2. The Labute approximate surface area is 167 Å². The summed E-state index contributed by atoms with van der Waals surface area (Å²) in [4.78, 5) is 20.6. The van der Waals surface area contributed by atoms with Crippen molar-refractivity contribution in [3.8, 4) is 11.3 Å². The molecule has 0 atom stereocenters. The van der Waals surface area contributed by atoms with E-state index in [0.717, 1.165) is 6.07 Å². The van der Waals surface area contributed by atoms with Crippen molar-refractivity contribution in [2.75, 3.05) is 5.32 Å². The summed E-state index contributed by atoms with van der Waals surface area (Å²) in [6, 6.07) is 11.8.